The summed E-state index contributed by atoms with van der Waals surface area (Å²) in [6.45, 7) is 2.12. The first-order chi connectivity index (χ1) is 10.2. The monoisotopic (exact) mass is 296 g/mol. The summed E-state index contributed by atoms with van der Waals surface area (Å²) in [5, 5.41) is 0. The van der Waals surface area contributed by atoms with Crippen LogP contribution in [0.5, 0.6) is 0 Å². The molecule has 0 aliphatic heterocycles. The molecule has 0 amide bonds. The molecule has 2 heteroatoms. The molecule has 0 nitrogen and oxygen atoms in total. The van der Waals surface area contributed by atoms with Gasteiger partial charge in [0, 0.05) is 6.42 Å². The van der Waals surface area contributed by atoms with E-state index in [1.54, 1.807) is 0 Å². The highest BCUT2D eigenvalue weighted by Gasteiger charge is 2.40. The zero-order valence-electron chi connectivity index (χ0n) is 13.3. The molecule has 0 saturated heterocycles. The van der Waals surface area contributed by atoms with Gasteiger partial charge in [0.05, 0.1) is 0 Å². The summed E-state index contributed by atoms with van der Waals surface area (Å²) in [7, 11) is 0. The molecule has 0 aromatic heterocycles. The number of halogens is 2. The maximum atomic E-state index is 13.7. The molecule has 0 aromatic carbocycles. The van der Waals surface area contributed by atoms with Crippen LogP contribution in [0, 0.1) is 29.6 Å². The van der Waals surface area contributed by atoms with Gasteiger partial charge in [-0.1, -0.05) is 12.2 Å². The van der Waals surface area contributed by atoms with Crippen LogP contribution in [0.25, 0.3) is 0 Å². The molecule has 0 radical (unpaired) electrons. The fourth-order valence-electron chi connectivity index (χ4n) is 5.44. The first-order valence-electron chi connectivity index (χ1n) is 9.06. The van der Waals surface area contributed by atoms with Gasteiger partial charge in [-0.25, -0.2) is 8.78 Å². The molecule has 3 fully saturated rings. The van der Waals surface area contributed by atoms with Crippen LogP contribution in [0.15, 0.2) is 12.2 Å². The van der Waals surface area contributed by atoms with Gasteiger partial charge in [-0.05, 0) is 87.9 Å². The Kier molecular flexibility index (Phi) is 5.01. The number of fused-ring (bicyclic) bond motifs is 1. The van der Waals surface area contributed by atoms with E-state index in [0.717, 1.165) is 17.8 Å². The smallest absolute Gasteiger partial charge is 0.103 e. The van der Waals surface area contributed by atoms with Crippen molar-refractivity contribution in [3.63, 3.8) is 0 Å². The van der Waals surface area contributed by atoms with Gasteiger partial charge in [-0.15, -0.1) is 0 Å². The summed E-state index contributed by atoms with van der Waals surface area (Å²) >= 11 is 0. The van der Waals surface area contributed by atoms with Crippen molar-refractivity contribution in [1.82, 2.24) is 0 Å². The second-order valence-corrected chi connectivity index (χ2v) is 7.85. The molecule has 120 valence electrons. The van der Waals surface area contributed by atoms with E-state index in [1.807, 2.05) is 0 Å². The third-order valence-electron chi connectivity index (χ3n) is 6.45. The van der Waals surface area contributed by atoms with E-state index in [9.17, 15) is 8.78 Å². The van der Waals surface area contributed by atoms with E-state index in [1.165, 1.54) is 38.5 Å². The zero-order chi connectivity index (χ0) is 14.8. The molecule has 3 aliphatic carbocycles. The number of hydrogen-bond acceptors (Lipinski definition) is 0. The minimum Gasteiger partial charge on any atom is -0.247 e. The lowest BCUT2D eigenvalue weighted by molar-refractivity contribution is 0.0352. The highest BCUT2D eigenvalue weighted by atomic mass is 19.1. The van der Waals surface area contributed by atoms with Crippen LogP contribution >= 0.6 is 0 Å². The Hall–Kier alpha value is -0.400. The van der Waals surface area contributed by atoms with E-state index in [-0.39, 0.29) is 6.42 Å². The quantitative estimate of drug-likeness (QED) is 0.559. The van der Waals surface area contributed by atoms with Crippen molar-refractivity contribution in [2.75, 3.05) is 0 Å². The number of allylic oxidation sites excluding steroid dienone is 2. The third-order valence-corrected chi connectivity index (χ3v) is 6.45. The standard InChI is InChI=1S/C19H30F2/c1-2-3-13-4-5-15-9-16(7-6-14(15)8-13)17-10-18(20)12-19(21)11-17/h2-3,13-19H,4-12H2,1H3. The van der Waals surface area contributed by atoms with Gasteiger partial charge in [-0.3, -0.25) is 0 Å². The zero-order valence-corrected chi connectivity index (χ0v) is 13.3. The molecule has 3 rings (SSSR count). The maximum absolute atomic E-state index is 13.7. The molecular weight excluding hydrogens is 266 g/mol. The Labute approximate surface area is 128 Å². The lowest BCUT2D eigenvalue weighted by Crippen LogP contribution is -2.36. The van der Waals surface area contributed by atoms with Gasteiger partial charge in [0.1, 0.15) is 12.3 Å². The molecule has 0 heterocycles. The topological polar surface area (TPSA) is 0 Å². The van der Waals surface area contributed by atoms with E-state index in [2.05, 4.69) is 19.1 Å². The van der Waals surface area contributed by atoms with Crippen molar-refractivity contribution in [3.05, 3.63) is 12.2 Å². The van der Waals surface area contributed by atoms with Crippen LogP contribution in [-0.4, -0.2) is 12.3 Å². The van der Waals surface area contributed by atoms with E-state index < -0.39 is 12.3 Å². The van der Waals surface area contributed by atoms with Crippen LogP contribution in [0.1, 0.15) is 64.7 Å². The SMILES string of the molecule is CC=CC1CCC2CC(C3CC(F)CC(F)C3)CCC2C1. The van der Waals surface area contributed by atoms with Crippen molar-refractivity contribution < 1.29 is 8.78 Å². The van der Waals surface area contributed by atoms with Crippen LogP contribution in [0.4, 0.5) is 8.78 Å². The van der Waals surface area contributed by atoms with Crippen molar-refractivity contribution in [1.29, 1.82) is 0 Å². The Balaban J connectivity index is 1.56. The third kappa shape index (κ3) is 3.68. The Morgan fingerprint density at radius 3 is 1.90 bits per heavy atom. The Bertz CT molecular complexity index is 355. The highest BCUT2D eigenvalue weighted by molar-refractivity contribution is 4.95. The largest absolute Gasteiger partial charge is 0.247 e. The Morgan fingerprint density at radius 2 is 1.24 bits per heavy atom. The van der Waals surface area contributed by atoms with Crippen molar-refractivity contribution >= 4 is 0 Å². The normalized spacial score (nSPS) is 48.2. The highest BCUT2D eigenvalue weighted by Crippen LogP contribution is 2.49. The lowest BCUT2D eigenvalue weighted by atomic mass is 9.61. The molecule has 3 aliphatic rings. The summed E-state index contributed by atoms with van der Waals surface area (Å²) in [5.74, 6) is 3.41. The predicted molar refractivity (Wildman–Crippen MR) is 83.6 cm³/mol. The molecule has 0 N–H and O–H groups in total. The van der Waals surface area contributed by atoms with Crippen molar-refractivity contribution in [3.8, 4) is 0 Å². The van der Waals surface area contributed by atoms with Gasteiger partial charge >= 0.3 is 0 Å². The summed E-state index contributed by atoms with van der Waals surface area (Å²) < 4.78 is 27.3. The van der Waals surface area contributed by atoms with Gasteiger partial charge in [0.25, 0.3) is 0 Å². The van der Waals surface area contributed by atoms with Gasteiger partial charge in [0.2, 0.25) is 0 Å². The summed E-state index contributed by atoms with van der Waals surface area (Å²) in [4.78, 5) is 0. The summed E-state index contributed by atoms with van der Waals surface area (Å²) in [6, 6.07) is 0. The minimum atomic E-state index is -0.887. The van der Waals surface area contributed by atoms with Crippen LogP contribution in [-0.2, 0) is 0 Å². The molecule has 6 unspecified atom stereocenters. The lowest BCUT2D eigenvalue weighted by Gasteiger charge is -2.45. The van der Waals surface area contributed by atoms with E-state index in [0.29, 0.717) is 24.7 Å². The maximum Gasteiger partial charge on any atom is 0.103 e. The van der Waals surface area contributed by atoms with Crippen LogP contribution < -0.4 is 0 Å². The molecule has 6 atom stereocenters. The first-order valence-corrected chi connectivity index (χ1v) is 9.06. The van der Waals surface area contributed by atoms with Crippen molar-refractivity contribution in [2.45, 2.75) is 77.1 Å². The Morgan fingerprint density at radius 1 is 0.667 bits per heavy atom. The second kappa shape index (κ2) is 6.79. The van der Waals surface area contributed by atoms with Crippen LogP contribution in [0.2, 0.25) is 0 Å². The second-order valence-electron chi connectivity index (χ2n) is 7.85. The fraction of sp³-hybridized carbons (Fsp3) is 0.895. The van der Waals surface area contributed by atoms with Gasteiger partial charge in [0.15, 0.2) is 0 Å². The summed E-state index contributed by atoms with van der Waals surface area (Å²) in [6.07, 6.45) is 12.0. The van der Waals surface area contributed by atoms with Crippen LogP contribution in [0.3, 0.4) is 0 Å². The van der Waals surface area contributed by atoms with Crippen molar-refractivity contribution in [2.24, 2.45) is 29.6 Å². The predicted octanol–water partition coefficient (Wildman–Crippen LogP) is 5.87. The summed E-state index contributed by atoms with van der Waals surface area (Å²) in [5.41, 5.74) is 0. The first kappa shape index (κ1) is 15.5. The average molecular weight is 296 g/mol. The molecule has 0 spiro atoms. The average Bonchev–Trinajstić information content (AvgIpc) is 2.46. The number of alkyl halides is 2. The minimum absolute atomic E-state index is 0.153. The molecule has 21 heavy (non-hydrogen) atoms. The molecular formula is C19H30F2. The van der Waals surface area contributed by atoms with E-state index >= 15 is 0 Å². The van der Waals surface area contributed by atoms with E-state index in [4.69, 9.17) is 0 Å². The molecule has 0 aromatic rings. The van der Waals surface area contributed by atoms with Gasteiger partial charge < -0.3 is 0 Å². The molecule has 0 bridgehead atoms. The number of hydrogen-bond donors (Lipinski definition) is 0. The fourth-order valence-corrected chi connectivity index (χ4v) is 5.44. The molecule has 3 saturated carbocycles. The van der Waals surface area contributed by atoms with Gasteiger partial charge in [-0.2, -0.15) is 0 Å². The number of rotatable bonds is 2.